The van der Waals surface area contributed by atoms with E-state index >= 15 is 0 Å². The summed E-state index contributed by atoms with van der Waals surface area (Å²) in [5.41, 5.74) is 1.65. The quantitative estimate of drug-likeness (QED) is 0.177. The van der Waals surface area contributed by atoms with Crippen molar-refractivity contribution in [2.45, 2.75) is 40.8 Å². The fourth-order valence-corrected chi connectivity index (χ4v) is 3.74. The fraction of sp³-hybridized carbons (Fsp3) is 0.231. The molecule has 0 saturated carbocycles. The topological polar surface area (TPSA) is 69.3 Å². The van der Waals surface area contributed by atoms with Crippen molar-refractivity contribution in [3.63, 3.8) is 0 Å². The van der Waals surface area contributed by atoms with Gasteiger partial charge in [0.25, 0.3) is 5.91 Å². The van der Waals surface area contributed by atoms with Crippen molar-refractivity contribution < 1.29 is 35.9 Å². The van der Waals surface area contributed by atoms with E-state index in [2.05, 4.69) is 10.4 Å². The molecule has 0 unspecified atom stereocenters. The second-order valence-electron chi connectivity index (χ2n) is 8.53. The standard InChI is InChI=1S/C26H22F5N3O3/c1-12-5-6-13(2)19(9-12)36-11-16-7-8-18(37-16)26(35)32-25-14(3)33-34(15(25)4)10-17-20(27)22(29)24(31)23(30)21(17)28/h5-9H,10-11H2,1-4H3,(H,32,35). The Bertz CT molecular complexity index is 1480. The summed E-state index contributed by atoms with van der Waals surface area (Å²) in [5, 5.41) is 6.69. The minimum Gasteiger partial charge on any atom is -0.485 e. The molecule has 1 amide bonds. The lowest BCUT2D eigenvalue weighted by atomic mass is 10.1. The van der Waals surface area contributed by atoms with E-state index in [1.54, 1.807) is 6.07 Å². The molecular weight excluding hydrogens is 497 g/mol. The first-order chi connectivity index (χ1) is 17.5. The molecule has 0 aliphatic heterocycles. The van der Waals surface area contributed by atoms with E-state index in [1.165, 1.54) is 19.9 Å². The average molecular weight is 519 g/mol. The molecule has 2 aromatic heterocycles. The monoisotopic (exact) mass is 519 g/mol. The van der Waals surface area contributed by atoms with Crippen molar-refractivity contribution in [1.29, 1.82) is 0 Å². The summed E-state index contributed by atoms with van der Waals surface area (Å²) >= 11 is 0. The first-order valence-electron chi connectivity index (χ1n) is 11.1. The van der Waals surface area contributed by atoms with Crippen LogP contribution in [0.4, 0.5) is 27.6 Å². The summed E-state index contributed by atoms with van der Waals surface area (Å²) in [6.45, 7) is 6.20. The smallest absolute Gasteiger partial charge is 0.291 e. The van der Waals surface area contributed by atoms with Crippen LogP contribution in [-0.4, -0.2) is 15.7 Å². The van der Waals surface area contributed by atoms with Gasteiger partial charge < -0.3 is 14.5 Å². The van der Waals surface area contributed by atoms with E-state index in [9.17, 15) is 26.7 Å². The van der Waals surface area contributed by atoms with Crippen LogP contribution >= 0.6 is 0 Å². The maximum atomic E-state index is 14.1. The zero-order valence-corrected chi connectivity index (χ0v) is 20.3. The number of benzene rings is 2. The summed E-state index contributed by atoms with van der Waals surface area (Å²) in [4.78, 5) is 12.8. The number of nitrogens with one attached hydrogen (secondary N) is 1. The van der Waals surface area contributed by atoms with E-state index in [0.717, 1.165) is 15.8 Å². The van der Waals surface area contributed by atoms with Crippen LogP contribution in [0.25, 0.3) is 0 Å². The predicted molar refractivity (Wildman–Crippen MR) is 124 cm³/mol. The van der Waals surface area contributed by atoms with E-state index in [0.29, 0.717) is 11.5 Å². The van der Waals surface area contributed by atoms with Gasteiger partial charge in [-0.15, -0.1) is 0 Å². The van der Waals surface area contributed by atoms with Gasteiger partial charge in [-0.2, -0.15) is 5.10 Å². The molecule has 4 aromatic rings. The summed E-state index contributed by atoms with van der Waals surface area (Å²) < 4.78 is 81.1. The highest BCUT2D eigenvalue weighted by Gasteiger charge is 2.27. The Hall–Kier alpha value is -4.15. The zero-order chi connectivity index (χ0) is 27.0. The van der Waals surface area contributed by atoms with Gasteiger partial charge in [0, 0.05) is 0 Å². The number of anilines is 1. The largest absolute Gasteiger partial charge is 0.485 e. The molecule has 1 N–H and O–H groups in total. The minimum absolute atomic E-state index is 0.0223. The van der Waals surface area contributed by atoms with Gasteiger partial charge >= 0.3 is 0 Å². The molecule has 0 aliphatic rings. The molecule has 0 aliphatic carbocycles. The van der Waals surface area contributed by atoms with Gasteiger partial charge in [-0.3, -0.25) is 9.48 Å². The molecule has 0 saturated heterocycles. The number of aromatic nitrogens is 2. The number of halogens is 5. The van der Waals surface area contributed by atoms with Gasteiger partial charge in [0.1, 0.15) is 18.1 Å². The van der Waals surface area contributed by atoms with E-state index < -0.39 is 47.1 Å². The SMILES string of the molecule is Cc1ccc(C)c(OCc2ccc(C(=O)Nc3c(C)nn(Cc4c(F)c(F)c(F)c(F)c4F)c3C)o2)c1. The Morgan fingerprint density at radius 2 is 1.59 bits per heavy atom. The van der Waals surface area contributed by atoms with Crippen LogP contribution in [0.15, 0.2) is 34.7 Å². The normalized spacial score (nSPS) is 11.2. The van der Waals surface area contributed by atoms with Crippen molar-refractivity contribution in [2.24, 2.45) is 0 Å². The number of hydrogen-bond donors (Lipinski definition) is 1. The van der Waals surface area contributed by atoms with Crippen LogP contribution in [-0.2, 0) is 13.2 Å². The Morgan fingerprint density at radius 3 is 2.27 bits per heavy atom. The summed E-state index contributed by atoms with van der Waals surface area (Å²) in [6.07, 6.45) is 0. The van der Waals surface area contributed by atoms with Crippen LogP contribution in [0.2, 0.25) is 0 Å². The molecule has 37 heavy (non-hydrogen) atoms. The lowest BCUT2D eigenvalue weighted by Crippen LogP contribution is -2.14. The fourth-order valence-electron chi connectivity index (χ4n) is 3.74. The summed E-state index contributed by atoms with van der Waals surface area (Å²) in [5.74, 6) is -9.76. The lowest BCUT2D eigenvalue weighted by molar-refractivity contribution is 0.0992. The number of hydrogen-bond acceptors (Lipinski definition) is 4. The predicted octanol–water partition coefficient (Wildman–Crippen LogP) is 6.28. The van der Waals surface area contributed by atoms with Gasteiger partial charge in [-0.1, -0.05) is 12.1 Å². The number of ether oxygens (including phenoxy) is 1. The van der Waals surface area contributed by atoms with Crippen LogP contribution in [0.1, 0.15) is 44.4 Å². The van der Waals surface area contributed by atoms with Crippen LogP contribution < -0.4 is 10.1 Å². The Labute approximate surface area is 208 Å². The van der Waals surface area contributed by atoms with Crippen molar-refractivity contribution >= 4 is 11.6 Å². The molecule has 11 heteroatoms. The Kier molecular flexibility index (Phi) is 7.06. The Balaban J connectivity index is 1.49. The molecule has 0 spiro atoms. The third-order valence-electron chi connectivity index (χ3n) is 5.83. The molecular formula is C26H22F5N3O3. The highest BCUT2D eigenvalue weighted by Crippen LogP contribution is 2.27. The maximum absolute atomic E-state index is 14.1. The lowest BCUT2D eigenvalue weighted by Gasteiger charge is -2.10. The number of amides is 1. The number of carbonyl (C=O) groups is 1. The second kappa shape index (κ2) is 10.1. The van der Waals surface area contributed by atoms with Crippen molar-refractivity contribution in [1.82, 2.24) is 9.78 Å². The number of aryl methyl sites for hydroxylation is 3. The van der Waals surface area contributed by atoms with Crippen LogP contribution in [0.5, 0.6) is 5.75 Å². The summed E-state index contributed by atoms with van der Waals surface area (Å²) in [6, 6.07) is 8.84. The zero-order valence-electron chi connectivity index (χ0n) is 20.3. The highest BCUT2D eigenvalue weighted by molar-refractivity contribution is 6.02. The number of furan rings is 1. The third-order valence-corrected chi connectivity index (χ3v) is 5.83. The molecule has 6 nitrogen and oxygen atoms in total. The van der Waals surface area contributed by atoms with Gasteiger partial charge in [0.15, 0.2) is 29.0 Å². The minimum atomic E-state index is -2.24. The van der Waals surface area contributed by atoms with E-state index in [4.69, 9.17) is 9.15 Å². The molecule has 2 heterocycles. The van der Waals surface area contributed by atoms with Gasteiger partial charge in [-0.25, -0.2) is 22.0 Å². The first kappa shape index (κ1) is 25.9. The molecule has 2 aromatic carbocycles. The first-order valence-corrected chi connectivity index (χ1v) is 11.1. The van der Waals surface area contributed by atoms with Gasteiger partial charge in [0.2, 0.25) is 5.82 Å². The molecule has 4 rings (SSSR count). The molecule has 0 radical (unpaired) electrons. The number of carbonyl (C=O) groups excluding carboxylic acids is 1. The van der Waals surface area contributed by atoms with Gasteiger partial charge in [0.05, 0.1) is 29.2 Å². The maximum Gasteiger partial charge on any atom is 0.291 e. The van der Waals surface area contributed by atoms with E-state index in [1.807, 2.05) is 32.0 Å². The van der Waals surface area contributed by atoms with Crippen LogP contribution in [0.3, 0.4) is 0 Å². The second-order valence-corrected chi connectivity index (χ2v) is 8.53. The van der Waals surface area contributed by atoms with E-state index in [-0.39, 0.29) is 29.4 Å². The highest BCUT2D eigenvalue weighted by atomic mass is 19.2. The van der Waals surface area contributed by atoms with Crippen LogP contribution in [0, 0.1) is 56.8 Å². The molecule has 0 bridgehead atoms. The average Bonchev–Trinajstić information content (AvgIpc) is 3.45. The Morgan fingerprint density at radius 1 is 0.946 bits per heavy atom. The summed E-state index contributed by atoms with van der Waals surface area (Å²) in [7, 11) is 0. The van der Waals surface area contributed by atoms with Crippen molar-refractivity contribution in [2.75, 3.05) is 5.32 Å². The van der Waals surface area contributed by atoms with Gasteiger partial charge in [-0.05, 0) is 57.0 Å². The van der Waals surface area contributed by atoms with Crippen molar-refractivity contribution in [3.05, 3.63) is 99.0 Å². The number of rotatable bonds is 7. The van der Waals surface area contributed by atoms with Crippen molar-refractivity contribution in [3.8, 4) is 5.75 Å². The molecule has 0 fully saturated rings. The molecule has 194 valence electrons. The molecule has 0 atom stereocenters. The number of nitrogens with zero attached hydrogens (tertiary/aromatic N) is 2. The third kappa shape index (κ3) is 5.07.